The van der Waals surface area contributed by atoms with Gasteiger partial charge in [-0.1, -0.05) is 6.07 Å². The summed E-state index contributed by atoms with van der Waals surface area (Å²) in [4.78, 5) is 32.9. The van der Waals surface area contributed by atoms with Gasteiger partial charge in [0.05, 0.1) is 11.4 Å². The number of likely N-dealkylation sites (tertiary alicyclic amines) is 1. The highest BCUT2D eigenvalue weighted by atomic mass is 32.1. The minimum Gasteiger partial charge on any atom is -0.342 e. The number of hydrogen-bond donors (Lipinski definition) is 0. The zero-order chi connectivity index (χ0) is 18.6. The molecule has 2 aliphatic rings. The summed E-state index contributed by atoms with van der Waals surface area (Å²) in [5, 5.41) is 14.2. The number of hydrogen-bond acceptors (Lipinski definition) is 7. The predicted octanol–water partition coefficient (Wildman–Crippen LogP) is 0.168. The Morgan fingerprint density at radius 2 is 1.67 bits per heavy atom. The van der Waals surface area contributed by atoms with Crippen LogP contribution in [0.5, 0.6) is 0 Å². The molecule has 0 bridgehead atoms. The van der Waals surface area contributed by atoms with Gasteiger partial charge in [-0.15, -0.1) is 21.5 Å². The summed E-state index contributed by atoms with van der Waals surface area (Å²) in [6.45, 7) is 5.00. The van der Waals surface area contributed by atoms with Gasteiger partial charge >= 0.3 is 0 Å². The standard InChI is InChI=1S/C17H23N7O2S/c25-15(22-5-1-2-6-22)12-21-7-9-23(10-8-21)16(26)13-24-19-17(18-20-24)14-4-3-11-27-14/h3-4,11H,1-2,5-10,12-13H2. The molecule has 2 aromatic heterocycles. The second kappa shape index (κ2) is 8.13. The van der Waals surface area contributed by atoms with Gasteiger partial charge in [0.15, 0.2) is 0 Å². The first kappa shape index (κ1) is 18.1. The van der Waals surface area contributed by atoms with Crippen molar-refractivity contribution in [3.63, 3.8) is 0 Å². The van der Waals surface area contributed by atoms with Crippen LogP contribution in [0.15, 0.2) is 17.5 Å². The van der Waals surface area contributed by atoms with Gasteiger partial charge < -0.3 is 9.80 Å². The fourth-order valence-corrected chi connectivity index (χ4v) is 4.10. The zero-order valence-corrected chi connectivity index (χ0v) is 16.0. The van der Waals surface area contributed by atoms with Crippen molar-refractivity contribution in [3.8, 4) is 10.7 Å². The first-order valence-corrected chi connectivity index (χ1v) is 10.2. The summed E-state index contributed by atoms with van der Waals surface area (Å²) in [5.41, 5.74) is 0. The van der Waals surface area contributed by atoms with Crippen molar-refractivity contribution in [1.29, 1.82) is 0 Å². The van der Waals surface area contributed by atoms with Crippen LogP contribution < -0.4 is 0 Å². The fourth-order valence-electron chi connectivity index (χ4n) is 3.45. The van der Waals surface area contributed by atoms with Crippen molar-refractivity contribution >= 4 is 23.2 Å². The second-order valence-electron chi connectivity index (χ2n) is 6.87. The van der Waals surface area contributed by atoms with Crippen molar-refractivity contribution in [2.75, 3.05) is 45.8 Å². The summed E-state index contributed by atoms with van der Waals surface area (Å²) in [7, 11) is 0. The third-order valence-corrected chi connectivity index (χ3v) is 5.88. The van der Waals surface area contributed by atoms with E-state index in [0.29, 0.717) is 25.5 Å². The van der Waals surface area contributed by atoms with E-state index in [9.17, 15) is 9.59 Å². The van der Waals surface area contributed by atoms with Crippen molar-refractivity contribution in [3.05, 3.63) is 17.5 Å². The van der Waals surface area contributed by atoms with Crippen LogP contribution >= 0.6 is 11.3 Å². The number of carbonyl (C=O) groups excluding carboxylic acids is 2. The molecular formula is C17H23N7O2S. The highest BCUT2D eigenvalue weighted by Gasteiger charge is 2.25. The largest absolute Gasteiger partial charge is 0.342 e. The number of amides is 2. The Kier molecular flexibility index (Phi) is 5.44. The molecule has 0 unspecified atom stereocenters. The van der Waals surface area contributed by atoms with Gasteiger partial charge in [0.2, 0.25) is 17.6 Å². The van der Waals surface area contributed by atoms with Crippen LogP contribution in [-0.2, 0) is 16.1 Å². The Bertz CT molecular complexity index is 777. The third kappa shape index (κ3) is 4.33. The van der Waals surface area contributed by atoms with Gasteiger partial charge in [-0.3, -0.25) is 14.5 Å². The highest BCUT2D eigenvalue weighted by Crippen LogP contribution is 2.19. The quantitative estimate of drug-likeness (QED) is 0.724. The molecule has 0 aromatic carbocycles. The lowest BCUT2D eigenvalue weighted by Gasteiger charge is -2.34. The smallest absolute Gasteiger partial charge is 0.246 e. The SMILES string of the molecule is O=C(CN1CCN(C(=O)Cn2nnc(-c3cccs3)n2)CC1)N1CCCC1. The molecule has 2 fully saturated rings. The van der Waals surface area contributed by atoms with Crippen LogP contribution in [-0.4, -0.2) is 92.5 Å². The first-order chi connectivity index (χ1) is 13.2. The van der Waals surface area contributed by atoms with Gasteiger partial charge in [-0.2, -0.15) is 4.80 Å². The molecule has 144 valence electrons. The van der Waals surface area contributed by atoms with Gasteiger partial charge in [0, 0.05) is 39.3 Å². The summed E-state index contributed by atoms with van der Waals surface area (Å²) >= 11 is 1.54. The van der Waals surface area contributed by atoms with Crippen molar-refractivity contribution in [2.24, 2.45) is 0 Å². The van der Waals surface area contributed by atoms with Crippen LogP contribution in [0.25, 0.3) is 10.7 Å². The Balaban J connectivity index is 1.24. The number of thiophene rings is 1. The third-order valence-electron chi connectivity index (χ3n) is 5.01. The van der Waals surface area contributed by atoms with Crippen molar-refractivity contribution in [2.45, 2.75) is 19.4 Å². The molecule has 0 aliphatic carbocycles. The lowest BCUT2D eigenvalue weighted by Crippen LogP contribution is -2.52. The molecule has 0 radical (unpaired) electrons. The average Bonchev–Trinajstić information content (AvgIpc) is 3.43. The summed E-state index contributed by atoms with van der Waals surface area (Å²) in [6.07, 6.45) is 2.22. The minimum absolute atomic E-state index is 0.0179. The number of rotatable bonds is 5. The molecule has 0 spiro atoms. The summed E-state index contributed by atoms with van der Waals surface area (Å²) in [6, 6.07) is 3.86. The first-order valence-electron chi connectivity index (χ1n) is 9.28. The van der Waals surface area contributed by atoms with E-state index >= 15 is 0 Å². The van der Waals surface area contributed by atoms with Gasteiger partial charge in [0.1, 0.15) is 6.54 Å². The lowest BCUT2D eigenvalue weighted by molar-refractivity contribution is -0.135. The zero-order valence-electron chi connectivity index (χ0n) is 15.2. The molecule has 0 atom stereocenters. The molecular weight excluding hydrogens is 366 g/mol. The number of carbonyl (C=O) groups is 2. The molecule has 2 amide bonds. The maximum atomic E-state index is 12.5. The average molecular weight is 389 g/mol. The monoisotopic (exact) mass is 389 g/mol. The number of nitrogens with zero attached hydrogens (tertiary/aromatic N) is 7. The van der Waals surface area contributed by atoms with Crippen LogP contribution in [0, 0.1) is 0 Å². The molecule has 2 aromatic rings. The maximum Gasteiger partial charge on any atom is 0.246 e. The predicted molar refractivity (Wildman–Crippen MR) is 100.0 cm³/mol. The molecule has 2 aliphatic heterocycles. The van der Waals surface area contributed by atoms with E-state index in [0.717, 1.165) is 43.9 Å². The lowest BCUT2D eigenvalue weighted by atomic mass is 10.3. The minimum atomic E-state index is -0.0179. The summed E-state index contributed by atoms with van der Waals surface area (Å²) in [5.74, 6) is 0.735. The Hall–Kier alpha value is -2.33. The molecule has 27 heavy (non-hydrogen) atoms. The van der Waals surface area contributed by atoms with Crippen LogP contribution in [0.2, 0.25) is 0 Å². The molecule has 10 heteroatoms. The topological polar surface area (TPSA) is 87.5 Å². The molecule has 4 rings (SSSR count). The molecule has 9 nitrogen and oxygen atoms in total. The van der Waals surface area contributed by atoms with E-state index in [4.69, 9.17) is 0 Å². The van der Waals surface area contributed by atoms with E-state index in [1.807, 2.05) is 27.3 Å². The van der Waals surface area contributed by atoms with E-state index in [1.54, 1.807) is 11.3 Å². The highest BCUT2D eigenvalue weighted by molar-refractivity contribution is 7.13. The molecule has 2 saturated heterocycles. The van der Waals surface area contributed by atoms with Crippen molar-refractivity contribution in [1.82, 2.24) is 34.9 Å². The molecule has 4 heterocycles. The number of aromatic nitrogens is 4. The van der Waals surface area contributed by atoms with Crippen LogP contribution in [0.3, 0.4) is 0 Å². The van der Waals surface area contributed by atoms with Gasteiger partial charge in [-0.25, -0.2) is 0 Å². The molecule has 0 saturated carbocycles. The number of tetrazole rings is 1. The Labute approximate surface area is 161 Å². The maximum absolute atomic E-state index is 12.5. The van der Waals surface area contributed by atoms with Gasteiger partial charge in [0.25, 0.3) is 0 Å². The Morgan fingerprint density at radius 3 is 2.37 bits per heavy atom. The van der Waals surface area contributed by atoms with E-state index < -0.39 is 0 Å². The number of piperazine rings is 1. The second-order valence-corrected chi connectivity index (χ2v) is 7.81. The Morgan fingerprint density at radius 1 is 0.963 bits per heavy atom. The summed E-state index contributed by atoms with van der Waals surface area (Å²) < 4.78 is 0. The van der Waals surface area contributed by atoms with Gasteiger partial charge in [-0.05, 0) is 29.5 Å². The van der Waals surface area contributed by atoms with E-state index in [2.05, 4.69) is 20.3 Å². The van der Waals surface area contributed by atoms with Crippen LogP contribution in [0.1, 0.15) is 12.8 Å². The van der Waals surface area contributed by atoms with Crippen LogP contribution in [0.4, 0.5) is 0 Å². The molecule has 0 N–H and O–H groups in total. The van der Waals surface area contributed by atoms with E-state index in [-0.39, 0.29) is 18.4 Å². The van der Waals surface area contributed by atoms with E-state index in [1.165, 1.54) is 4.80 Å². The van der Waals surface area contributed by atoms with Crippen molar-refractivity contribution < 1.29 is 9.59 Å². The fraction of sp³-hybridized carbons (Fsp3) is 0.588. The normalized spacial score (nSPS) is 18.2.